The molecule has 2 unspecified atom stereocenters. The molecular formula is C12H20F2N2O. The predicted molar refractivity (Wildman–Crippen MR) is 60.9 cm³/mol. The Bertz CT molecular complexity index is 285. The Balaban J connectivity index is 1.94. The molecule has 0 aromatic carbocycles. The van der Waals surface area contributed by atoms with E-state index in [0.717, 1.165) is 26.3 Å². The van der Waals surface area contributed by atoms with Gasteiger partial charge in [0.2, 0.25) is 11.8 Å². The van der Waals surface area contributed by atoms with Gasteiger partial charge in [0.25, 0.3) is 0 Å². The van der Waals surface area contributed by atoms with Gasteiger partial charge < -0.3 is 10.2 Å². The number of alkyl halides is 2. The number of amides is 1. The van der Waals surface area contributed by atoms with Crippen molar-refractivity contribution in [2.24, 2.45) is 5.92 Å². The number of halogens is 2. The van der Waals surface area contributed by atoms with Crippen molar-refractivity contribution in [1.82, 2.24) is 10.2 Å². The lowest BCUT2D eigenvalue weighted by Gasteiger charge is -2.36. The number of rotatable bonds is 2. The van der Waals surface area contributed by atoms with Crippen LogP contribution in [0.2, 0.25) is 0 Å². The Morgan fingerprint density at radius 1 is 1.35 bits per heavy atom. The molecule has 2 saturated heterocycles. The van der Waals surface area contributed by atoms with Crippen LogP contribution >= 0.6 is 0 Å². The minimum absolute atomic E-state index is 0.0106. The van der Waals surface area contributed by atoms with Gasteiger partial charge in [-0.1, -0.05) is 0 Å². The van der Waals surface area contributed by atoms with E-state index in [2.05, 4.69) is 5.32 Å². The summed E-state index contributed by atoms with van der Waals surface area (Å²) in [6.07, 6.45) is 3.04. The largest absolute Gasteiger partial charge is 0.341 e. The van der Waals surface area contributed by atoms with Crippen LogP contribution in [0.4, 0.5) is 8.78 Å². The summed E-state index contributed by atoms with van der Waals surface area (Å²) >= 11 is 0. The Morgan fingerprint density at radius 2 is 2.12 bits per heavy atom. The Labute approximate surface area is 101 Å². The number of hydrogen-bond donors (Lipinski definition) is 1. The summed E-state index contributed by atoms with van der Waals surface area (Å²) in [4.78, 5) is 13.7. The normalized spacial score (nSPS) is 30.6. The number of nitrogens with one attached hydrogen (secondary N) is 1. The molecule has 17 heavy (non-hydrogen) atoms. The van der Waals surface area contributed by atoms with Crippen molar-refractivity contribution in [1.29, 1.82) is 0 Å². The molecule has 2 aliphatic heterocycles. The van der Waals surface area contributed by atoms with E-state index in [1.54, 1.807) is 4.90 Å². The lowest BCUT2D eigenvalue weighted by atomic mass is 9.92. The second-order valence-corrected chi connectivity index (χ2v) is 5.23. The molecule has 2 rings (SSSR count). The Morgan fingerprint density at radius 3 is 2.71 bits per heavy atom. The van der Waals surface area contributed by atoms with Crippen molar-refractivity contribution in [2.75, 3.05) is 19.6 Å². The quantitative estimate of drug-likeness (QED) is 0.803. The van der Waals surface area contributed by atoms with E-state index in [1.165, 1.54) is 0 Å². The summed E-state index contributed by atoms with van der Waals surface area (Å²) < 4.78 is 26.5. The summed E-state index contributed by atoms with van der Waals surface area (Å²) in [6.45, 7) is 2.65. The molecule has 2 fully saturated rings. The van der Waals surface area contributed by atoms with Gasteiger partial charge in [-0.05, 0) is 39.2 Å². The molecule has 0 bridgehead atoms. The summed E-state index contributed by atoms with van der Waals surface area (Å²) in [5.74, 6) is -3.35. The molecule has 1 amide bonds. The summed E-state index contributed by atoms with van der Waals surface area (Å²) in [6, 6.07) is -0.140. The first-order chi connectivity index (χ1) is 7.98. The highest BCUT2D eigenvalue weighted by atomic mass is 19.3. The van der Waals surface area contributed by atoms with E-state index in [1.807, 2.05) is 0 Å². The van der Waals surface area contributed by atoms with Gasteiger partial charge in [-0.25, -0.2) is 8.78 Å². The van der Waals surface area contributed by atoms with Gasteiger partial charge in [0, 0.05) is 19.0 Å². The third-order valence-electron chi connectivity index (χ3n) is 3.81. The molecular weight excluding hydrogens is 226 g/mol. The van der Waals surface area contributed by atoms with Crippen molar-refractivity contribution in [2.45, 2.75) is 44.6 Å². The summed E-state index contributed by atoms with van der Waals surface area (Å²) in [5, 5.41) is 3.13. The maximum atomic E-state index is 13.3. The van der Waals surface area contributed by atoms with E-state index in [9.17, 15) is 13.6 Å². The smallest absolute Gasteiger partial charge is 0.249 e. The Kier molecular flexibility index (Phi) is 3.66. The molecule has 0 saturated carbocycles. The monoisotopic (exact) mass is 246 g/mol. The molecule has 3 nitrogen and oxygen atoms in total. The van der Waals surface area contributed by atoms with E-state index >= 15 is 0 Å². The van der Waals surface area contributed by atoms with Crippen molar-refractivity contribution in [3.63, 3.8) is 0 Å². The number of piperidine rings is 1. The average Bonchev–Trinajstić information content (AvgIpc) is 2.80. The van der Waals surface area contributed by atoms with Gasteiger partial charge in [0.05, 0.1) is 6.04 Å². The zero-order valence-corrected chi connectivity index (χ0v) is 10.2. The lowest BCUT2D eigenvalue weighted by molar-refractivity contribution is -0.138. The van der Waals surface area contributed by atoms with Gasteiger partial charge in [-0.3, -0.25) is 4.79 Å². The first-order valence-electron chi connectivity index (χ1n) is 6.38. The lowest BCUT2D eigenvalue weighted by Crippen LogP contribution is -2.50. The molecule has 98 valence electrons. The first kappa shape index (κ1) is 12.7. The molecule has 2 aliphatic rings. The van der Waals surface area contributed by atoms with Gasteiger partial charge in [-0.2, -0.15) is 0 Å². The number of likely N-dealkylation sites (tertiary alicyclic amines) is 1. The third kappa shape index (κ3) is 2.94. The number of nitrogens with zero attached hydrogens (tertiary/aromatic N) is 1. The standard InChI is InChI=1S/C12H20F2N2O/c1-12(13,14)9-4-3-7-16(8-9)11(17)10-5-2-6-15-10/h9-10,15H,2-8H2,1H3. The fraction of sp³-hybridized carbons (Fsp3) is 0.917. The zero-order valence-electron chi connectivity index (χ0n) is 10.2. The van der Waals surface area contributed by atoms with Crippen molar-refractivity contribution >= 4 is 5.91 Å². The first-order valence-corrected chi connectivity index (χ1v) is 6.38. The maximum Gasteiger partial charge on any atom is 0.249 e. The van der Waals surface area contributed by atoms with Crippen LogP contribution in [-0.2, 0) is 4.79 Å². The van der Waals surface area contributed by atoms with Gasteiger partial charge in [0.15, 0.2) is 0 Å². The van der Waals surface area contributed by atoms with E-state index in [-0.39, 0.29) is 18.5 Å². The summed E-state index contributed by atoms with van der Waals surface area (Å²) in [5.41, 5.74) is 0. The van der Waals surface area contributed by atoms with E-state index < -0.39 is 11.8 Å². The summed E-state index contributed by atoms with van der Waals surface area (Å²) in [7, 11) is 0. The van der Waals surface area contributed by atoms with Crippen LogP contribution < -0.4 is 5.32 Å². The van der Waals surface area contributed by atoms with Crippen LogP contribution in [0.3, 0.4) is 0 Å². The Hall–Kier alpha value is -0.710. The molecule has 0 aromatic heterocycles. The van der Waals surface area contributed by atoms with E-state index in [4.69, 9.17) is 0 Å². The number of carbonyl (C=O) groups excluding carboxylic acids is 1. The molecule has 1 N–H and O–H groups in total. The van der Waals surface area contributed by atoms with Crippen LogP contribution in [0.5, 0.6) is 0 Å². The fourth-order valence-electron chi connectivity index (χ4n) is 2.71. The predicted octanol–water partition coefficient (Wildman–Crippen LogP) is 1.63. The number of hydrogen-bond acceptors (Lipinski definition) is 2. The second kappa shape index (κ2) is 4.88. The average molecular weight is 246 g/mol. The second-order valence-electron chi connectivity index (χ2n) is 5.23. The van der Waals surface area contributed by atoms with E-state index in [0.29, 0.717) is 19.4 Å². The van der Waals surface area contributed by atoms with Crippen LogP contribution in [0.15, 0.2) is 0 Å². The SMILES string of the molecule is CC(F)(F)C1CCCN(C(=O)C2CCCN2)C1. The topological polar surface area (TPSA) is 32.3 Å². The minimum atomic E-state index is -2.68. The molecule has 0 aliphatic carbocycles. The fourth-order valence-corrected chi connectivity index (χ4v) is 2.71. The van der Waals surface area contributed by atoms with Crippen LogP contribution in [0.1, 0.15) is 32.6 Å². The molecule has 0 aromatic rings. The molecule has 0 radical (unpaired) electrons. The molecule has 2 heterocycles. The van der Waals surface area contributed by atoms with Gasteiger partial charge in [-0.15, -0.1) is 0 Å². The van der Waals surface area contributed by atoms with Crippen molar-refractivity contribution < 1.29 is 13.6 Å². The third-order valence-corrected chi connectivity index (χ3v) is 3.81. The molecule has 5 heteroatoms. The molecule has 2 atom stereocenters. The highest BCUT2D eigenvalue weighted by molar-refractivity contribution is 5.82. The zero-order chi connectivity index (χ0) is 12.5. The van der Waals surface area contributed by atoms with Gasteiger partial charge in [0.1, 0.15) is 0 Å². The van der Waals surface area contributed by atoms with Crippen LogP contribution in [-0.4, -0.2) is 42.4 Å². The number of carbonyl (C=O) groups is 1. The molecule has 0 spiro atoms. The highest BCUT2D eigenvalue weighted by Crippen LogP contribution is 2.31. The van der Waals surface area contributed by atoms with Crippen LogP contribution in [0, 0.1) is 5.92 Å². The van der Waals surface area contributed by atoms with Crippen LogP contribution in [0.25, 0.3) is 0 Å². The minimum Gasteiger partial charge on any atom is -0.341 e. The van der Waals surface area contributed by atoms with Crippen molar-refractivity contribution in [3.8, 4) is 0 Å². The highest BCUT2D eigenvalue weighted by Gasteiger charge is 2.39. The van der Waals surface area contributed by atoms with Gasteiger partial charge >= 0.3 is 0 Å². The van der Waals surface area contributed by atoms with Crippen molar-refractivity contribution in [3.05, 3.63) is 0 Å². The maximum absolute atomic E-state index is 13.3.